The second kappa shape index (κ2) is 5.88. The summed E-state index contributed by atoms with van der Waals surface area (Å²) in [4.78, 5) is 8.57. The molecule has 0 saturated heterocycles. The molecule has 0 radical (unpaired) electrons. The first kappa shape index (κ1) is 13.5. The van der Waals surface area contributed by atoms with Crippen LogP contribution < -0.4 is 5.32 Å². The Morgan fingerprint density at radius 1 is 1.24 bits per heavy atom. The molecule has 0 aliphatic rings. The van der Waals surface area contributed by atoms with Crippen molar-refractivity contribution in [3.63, 3.8) is 0 Å². The van der Waals surface area contributed by atoms with E-state index in [4.69, 9.17) is 0 Å². The largest absolute Gasteiger partial charge is 0.507 e. The van der Waals surface area contributed by atoms with Gasteiger partial charge in [0.15, 0.2) is 0 Å². The molecule has 0 amide bonds. The summed E-state index contributed by atoms with van der Waals surface area (Å²) in [5, 5.41) is 15.6. The molecule has 6 heteroatoms. The Hall–Kier alpha value is -2.47. The van der Waals surface area contributed by atoms with Gasteiger partial charge in [0.25, 0.3) is 0 Å². The first-order valence-electron chi connectivity index (χ1n) is 6.30. The lowest BCUT2D eigenvalue weighted by Crippen LogP contribution is -2.03. The molecule has 0 fully saturated rings. The van der Waals surface area contributed by atoms with E-state index in [-0.39, 0.29) is 8.60 Å². The van der Waals surface area contributed by atoms with Crippen LogP contribution in [0.3, 0.4) is 0 Å². The number of nitrogens with one attached hydrogen (secondary N) is 1. The summed E-state index contributed by atoms with van der Waals surface area (Å²) in [6, 6.07) is 7.73. The molecule has 0 saturated carbocycles. The van der Waals surface area contributed by atoms with Crippen LogP contribution >= 0.6 is 11.3 Å². The minimum atomic E-state index is -0.461. The fourth-order valence-corrected chi connectivity index (χ4v) is 2.60. The van der Waals surface area contributed by atoms with Crippen molar-refractivity contribution in [2.45, 2.75) is 6.54 Å². The lowest BCUT2D eigenvalue weighted by molar-refractivity contribution is 0.463. The number of phenolic OH excluding ortho intramolecular Hbond substituents is 1. The molecule has 0 aliphatic heterocycles. The van der Waals surface area contributed by atoms with E-state index in [0.29, 0.717) is 17.9 Å². The van der Waals surface area contributed by atoms with Gasteiger partial charge in [-0.3, -0.25) is 0 Å². The number of pyridine rings is 1. The maximum Gasteiger partial charge on any atom is 0.136 e. The highest BCUT2D eigenvalue weighted by molar-refractivity contribution is 7.13. The second-order valence-corrected chi connectivity index (χ2v) is 5.26. The molecule has 2 N–H and O–H groups in total. The average molecular weight is 305 g/mol. The summed E-state index contributed by atoms with van der Waals surface area (Å²) in [5.41, 5.74) is 1.50. The zero-order valence-electron chi connectivity index (χ0n) is 11.0. The van der Waals surface area contributed by atoms with E-state index in [1.807, 2.05) is 17.5 Å². The van der Waals surface area contributed by atoms with Crippen molar-refractivity contribution in [2.24, 2.45) is 0 Å². The lowest BCUT2D eigenvalue weighted by atomic mass is 10.2. The third-order valence-electron chi connectivity index (χ3n) is 2.96. The highest BCUT2D eigenvalue weighted by Gasteiger charge is 2.09. The molecule has 2 aromatic heterocycles. The average Bonchev–Trinajstić information content (AvgIpc) is 3.01. The van der Waals surface area contributed by atoms with Crippen molar-refractivity contribution in [3.05, 3.63) is 59.5 Å². The summed E-state index contributed by atoms with van der Waals surface area (Å²) in [6.45, 7) is 0.349. The number of aromatic hydroxyl groups is 1. The Morgan fingerprint density at radius 3 is 2.90 bits per heavy atom. The highest BCUT2D eigenvalue weighted by Crippen LogP contribution is 2.28. The van der Waals surface area contributed by atoms with Crippen LogP contribution in [0.2, 0.25) is 0 Å². The van der Waals surface area contributed by atoms with Gasteiger partial charge in [0, 0.05) is 38.8 Å². The summed E-state index contributed by atoms with van der Waals surface area (Å²) < 4.78 is 13.0. The van der Waals surface area contributed by atoms with E-state index >= 15 is 0 Å². The normalized spacial score (nSPS) is 10.5. The van der Waals surface area contributed by atoms with Crippen LogP contribution in [0.4, 0.5) is 10.2 Å². The number of rotatable bonds is 4. The molecule has 2 heterocycles. The molecule has 1 aromatic carbocycles. The van der Waals surface area contributed by atoms with Crippen LogP contribution in [0.25, 0.3) is 10.6 Å². The quantitative estimate of drug-likeness (QED) is 0.760. The van der Waals surface area contributed by atoms with Gasteiger partial charge in [0.05, 0.1) is 5.56 Å². The number of nitrogens with zero attached hydrogens (tertiary/aromatic N) is 2. The van der Waals surface area contributed by atoms with E-state index in [0.717, 1.165) is 16.6 Å². The predicted octanol–water partition coefficient (Wildman–Crippen LogP) is 4.15. The van der Waals surface area contributed by atoms with Gasteiger partial charge in [-0.1, -0.05) is 6.07 Å². The minimum absolute atomic E-state index is 0. The summed E-state index contributed by atoms with van der Waals surface area (Å²) in [7, 11) is 0. The van der Waals surface area contributed by atoms with Gasteiger partial charge in [0.2, 0.25) is 0 Å². The maximum atomic E-state index is 13.0. The van der Waals surface area contributed by atoms with Crippen LogP contribution in [0.15, 0.2) is 48.1 Å². The third kappa shape index (κ3) is 3.00. The van der Waals surface area contributed by atoms with Crippen LogP contribution in [0.5, 0.6) is 5.75 Å². The lowest BCUT2D eigenvalue weighted by Gasteiger charge is -2.10. The summed E-state index contributed by atoms with van der Waals surface area (Å²) in [5.74, 6) is 0.142. The van der Waals surface area contributed by atoms with Gasteiger partial charge < -0.3 is 10.4 Å². The minimum Gasteiger partial charge on any atom is -0.507 e. The Morgan fingerprint density at radius 2 is 2.14 bits per heavy atom. The smallest absolute Gasteiger partial charge is 0.136 e. The molecule has 4 nitrogen and oxygen atoms in total. The molecule has 3 rings (SSSR count). The van der Waals surface area contributed by atoms with Crippen molar-refractivity contribution in [3.8, 4) is 16.3 Å². The summed E-state index contributed by atoms with van der Waals surface area (Å²) in [6.07, 6.45) is 3.42. The van der Waals surface area contributed by atoms with Crippen molar-refractivity contribution in [1.82, 2.24) is 9.97 Å². The molecule has 3 aromatic rings. The zero-order chi connectivity index (χ0) is 14.7. The van der Waals surface area contributed by atoms with Gasteiger partial charge >= 0.3 is 0 Å². The fraction of sp³-hybridized carbons (Fsp3) is 0.0667. The van der Waals surface area contributed by atoms with Gasteiger partial charge in [-0.05, 0) is 18.2 Å². The highest BCUT2D eigenvalue weighted by atomic mass is 32.1. The van der Waals surface area contributed by atoms with E-state index in [1.165, 1.54) is 17.4 Å². The number of anilines is 1. The van der Waals surface area contributed by atoms with E-state index < -0.39 is 5.82 Å². The Bertz CT molecular complexity index is 756. The zero-order valence-corrected chi connectivity index (χ0v) is 11.8. The molecule has 0 bridgehead atoms. The van der Waals surface area contributed by atoms with Gasteiger partial charge in [-0.25, -0.2) is 14.4 Å². The monoisotopic (exact) mass is 305 g/mol. The number of benzene rings is 1. The number of halogens is 1. The molecule has 0 unspecified atom stereocenters. The maximum absolute atomic E-state index is 13.0. The van der Waals surface area contributed by atoms with E-state index in [1.54, 1.807) is 18.5 Å². The van der Waals surface area contributed by atoms with Crippen molar-refractivity contribution < 1.29 is 12.4 Å². The Balaban J connectivity index is 0.00000132. The number of hydrogen-bond donors (Lipinski definition) is 2. The number of thiazole rings is 1. The van der Waals surface area contributed by atoms with Crippen molar-refractivity contribution in [1.29, 1.82) is 0 Å². The topological polar surface area (TPSA) is 58.0 Å². The number of hydrogen-bond acceptors (Lipinski definition) is 5. The van der Waals surface area contributed by atoms with Crippen molar-refractivity contribution in [2.75, 3.05) is 5.32 Å². The molecular formula is C15H16FN3OS. The van der Waals surface area contributed by atoms with Gasteiger partial charge in [-0.2, -0.15) is 0 Å². The SMILES string of the molecule is Oc1cc(F)ccc1CNc1ncccc1-c1nccs1.[HH].[HH]. The molecular weight excluding hydrogens is 289 g/mol. The van der Waals surface area contributed by atoms with Crippen LogP contribution in [-0.2, 0) is 6.54 Å². The van der Waals surface area contributed by atoms with Crippen molar-refractivity contribution >= 4 is 17.2 Å². The second-order valence-electron chi connectivity index (χ2n) is 4.36. The Kier molecular flexibility index (Phi) is 3.79. The predicted molar refractivity (Wildman–Crippen MR) is 85.0 cm³/mol. The third-order valence-corrected chi connectivity index (χ3v) is 3.77. The van der Waals surface area contributed by atoms with E-state index in [2.05, 4.69) is 15.3 Å². The first-order valence-corrected chi connectivity index (χ1v) is 7.18. The molecule has 0 aliphatic carbocycles. The van der Waals surface area contributed by atoms with Crippen LogP contribution in [0.1, 0.15) is 8.42 Å². The fourth-order valence-electron chi connectivity index (χ4n) is 1.94. The summed E-state index contributed by atoms with van der Waals surface area (Å²) >= 11 is 1.53. The van der Waals surface area contributed by atoms with E-state index in [9.17, 15) is 9.50 Å². The van der Waals surface area contributed by atoms with Crippen LogP contribution in [0, 0.1) is 5.82 Å². The Labute approximate surface area is 127 Å². The number of phenols is 1. The number of aromatic nitrogens is 2. The molecule has 0 spiro atoms. The van der Waals surface area contributed by atoms with Crippen LogP contribution in [-0.4, -0.2) is 15.1 Å². The molecule has 21 heavy (non-hydrogen) atoms. The van der Waals surface area contributed by atoms with Gasteiger partial charge in [0.1, 0.15) is 22.4 Å². The molecule has 110 valence electrons. The standard InChI is InChI=1S/C15H12FN3OS.2H2/c16-11-4-3-10(13(20)8-11)9-19-14-12(2-1-5-17-14)15-18-6-7-21-15;;/h1-8,20H,9H2,(H,17,19);2*1H. The molecule has 0 atom stereocenters. The first-order chi connectivity index (χ1) is 10.2. The van der Waals surface area contributed by atoms with Gasteiger partial charge in [-0.15, -0.1) is 11.3 Å².